The molecule has 0 bridgehead atoms. The van der Waals surface area contributed by atoms with Gasteiger partial charge in [-0.2, -0.15) is 0 Å². The lowest BCUT2D eigenvalue weighted by molar-refractivity contribution is -0.113. The largest absolute Gasteiger partial charge is 0.478 e. The lowest BCUT2D eigenvalue weighted by Gasteiger charge is -2.18. The third-order valence-electron chi connectivity index (χ3n) is 4.75. The predicted molar refractivity (Wildman–Crippen MR) is 114 cm³/mol. The Morgan fingerprint density at radius 2 is 1.63 bits per heavy atom. The maximum atomic E-state index is 13.1. The Morgan fingerprint density at radius 1 is 1.00 bits per heavy atom. The van der Waals surface area contributed by atoms with Crippen LogP contribution in [0.5, 0.6) is 0 Å². The summed E-state index contributed by atoms with van der Waals surface area (Å²) in [4.78, 5) is 26.4. The van der Waals surface area contributed by atoms with Crippen molar-refractivity contribution in [3.8, 4) is 0 Å². The number of allylic oxidation sites excluding steroid dienone is 1. The number of benzene rings is 2. The minimum atomic E-state index is -1.04. The Kier molecular flexibility index (Phi) is 5.22. The van der Waals surface area contributed by atoms with Crippen molar-refractivity contribution in [3.05, 3.63) is 69.1 Å². The Balaban J connectivity index is 2.06. The minimum Gasteiger partial charge on any atom is -0.478 e. The summed E-state index contributed by atoms with van der Waals surface area (Å²) in [6, 6.07) is 10.8. The molecule has 0 spiro atoms. The third-order valence-corrected chi connectivity index (χ3v) is 6.22. The molecule has 1 amide bonds. The fourth-order valence-electron chi connectivity index (χ4n) is 2.89. The molecular weight excluding hydrogens is 378 g/mol. The van der Waals surface area contributed by atoms with Gasteiger partial charge in [-0.1, -0.05) is 48.2 Å². The number of carboxylic acids is 1. The van der Waals surface area contributed by atoms with Crippen LogP contribution in [0.15, 0.2) is 41.3 Å². The first-order chi connectivity index (χ1) is 12.7. The monoisotopic (exact) mass is 397 g/mol. The highest BCUT2D eigenvalue weighted by Gasteiger charge is 2.36. The third kappa shape index (κ3) is 3.55. The van der Waals surface area contributed by atoms with E-state index >= 15 is 0 Å². The van der Waals surface area contributed by atoms with Crippen molar-refractivity contribution in [1.82, 2.24) is 0 Å². The van der Waals surface area contributed by atoms with Crippen LogP contribution in [0, 0.1) is 20.8 Å². The number of hydrogen-bond acceptors (Lipinski definition) is 4. The molecular formula is C21H19NO3S2. The SMILES string of the molecule is C/C(=C1/SC(=S)N(c2cc(C(=O)O)ccc2C)C1=O)c1ccc(C)c(C)c1. The van der Waals surface area contributed by atoms with Crippen molar-refractivity contribution in [1.29, 1.82) is 0 Å². The molecule has 0 saturated carbocycles. The van der Waals surface area contributed by atoms with Crippen LogP contribution in [0.4, 0.5) is 5.69 Å². The van der Waals surface area contributed by atoms with Gasteiger partial charge in [0, 0.05) is 0 Å². The number of amides is 1. The Labute approximate surface area is 167 Å². The number of aryl methyl sites for hydroxylation is 3. The van der Waals surface area contributed by atoms with E-state index in [1.54, 1.807) is 6.07 Å². The molecule has 1 fully saturated rings. The van der Waals surface area contributed by atoms with E-state index in [1.165, 1.54) is 34.4 Å². The van der Waals surface area contributed by atoms with E-state index in [2.05, 4.69) is 6.07 Å². The van der Waals surface area contributed by atoms with Gasteiger partial charge in [0.2, 0.25) is 0 Å². The lowest BCUT2D eigenvalue weighted by atomic mass is 10.0. The number of carbonyl (C=O) groups is 2. The quantitative estimate of drug-likeness (QED) is 0.576. The topological polar surface area (TPSA) is 57.6 Å². The van der Waals surface area contributed by atoms with Crippen LogP contribution in [-0.4, -0.2) is 21.3 Å². The molecule has 1 aliphatic rings. The summed E-state index contributed by atoms with van der Waals surface area (Å²) in [5.74, 6) is -1.25. The van der Waals surface area contributed by atoms with E-state index in [1.807, 2.05) is 39.8 Å². The van der Waals surface area contributed by atoms with Gasteiger partial charge in [-0.25, -0.2) is 4.79 Å². The number of carbonyl (C=O) groups excluding carboxylic acids is 1. The number of nitrogens with zero attached hydrogens (tertiary/aromatic N) is 1. The summed E-state index contributed by atoms with van der Waals surface area (Å²) in [5.41, 5.74) is 5.63. The van der Waals surface area contributed by atoms with Gasteiger partial charge < -0.3 is 5.11 Å². The van der Waals surface area contributed by atoms with Crippen LogP contribution < -0.4 is 4.90 Å². The van der Waals surface area contributed by atoms with Crippen LogP contribution >= 0.6 is 24.0 Å². The number of thioether (sulfide) groups is 1. The van der Waals surface area contributed by atoms with E-state index in [-0.39, 0.29) is 11.5 Å². The first-order valence-corrected chi connectivity index (χ1v) is 9.62. The van der Waals surface area contributed by atoms with E-state index in [4.69, 9.17) is 12.2 Å². The highest BCUT2D eigenvalue weighted by atomic mass is 32.2. The Bertz CT molecular complexity index is 1020. The van der Waals surface area contributed by atoms with Crippen LogP contribution in [-0.2, 0) is 4.79 Å². The van der Waals surface area contributed by atoms with Gasteiger partial charge in [-0.15, -0.1) is 0 Å². The van der Waals surface area contributed by atoms with Crippen LogP contribution in [0.1, 0.15) is 39.5 Å². The highest BCUT2D eigenvalue weighted by molar-refractivity contribution is 8.27. The zero-order chi connectivity index (χ0) is 19.9. The van der Waals surface area contributed by atoms with Crippen LogP contribution in [0.3, 0.4) is 0 Å². The second-order valence-corrected chi connectivity index (χ2v) is 8.21. The Morgan fingerprint density at radius 3 is 2.26 bits per heavy atom. The number of carboxylic acid groups (broad SMARTS) is 1. The normalized spacial score (nSPS) is 16.1. The molecule has 0 unspecified atom stereocenters. The fourth-order valence-corrected chi connectivity index (χ4v) is 4.22. The number of aromatic carboxylic acids is 1. The van der Waals surface area contributed by atoms with Gasteiger partial charge in [0.25, 0.3) is 5.91 Å². The fraction of sp³-hybridized carbons (Fsp3) is 0.190. The molecule has 1 aliphatic heterocycles. The Hall–Kier alpha value is -2.44. The van der Waals surface area contributed by atoms with Crippen molar-refractivity contribution < 1.29 is 14.7 Å². The molecule has 138 valence electrons. The van der Waals surface area contributed by atoms with Crippen molar-refractivity contribution in [3.63, 3.8) is 0 Å². The van der Waals surface area contributed by atoms with Gasteiger partial charge >= 0.3 is 5.97 Å². The van der Waals surface area contributed by atoms with Crippen molar-refractivity contribution in [2.24, 2.45) is 0 Å². The average Bonchev–Trinajstić information content (AvgIpc) is 2.91. The minimum absolute atomic E-state index is 0.125. The molecule has 3 rings (SSSR count). The zero-order valence-electron chi connectivity index (χ0n) is 15.5. The molecule has 1 heterocycles. The van der Waals surface area contributed by atoms with E-state index in [0.29, 0.717) is 14.9 Å². The molecule has 0 radical (unpaired) electrons. The van der Waals surface area contributed by atoms with Gasteiger partial charge in [0.15, 0.2) is 4.32 Å². The van der Waals surface area contributed by atoms with Crippen molar-refractivity contribution >= 4 is 51.4 Å². The number of rotatable bonds is 3. The summed E-state index contributed by atoms with van der Waals surface area (Å²) >= 11 is 6.70. The van der Waals surface area contributed by atoms with E-state index in [0.717, 1.165) is 22.3 Å². The molecule has 1 N–H and O–H groups in total. The maximum Gasteiger partial charge on any atom is 0.335 e. The molecule has 1 saturated heterocycles. The van der Waals surface area contributed by atoms with Crippen molar-refractivity contribution in [2.45, 2.75) is 27.7 Å². The van der Waals surface area contributed by atoms with Crippen molar-refractivity contribution in [2.75, 3.05) is 4.90 Å². The molecule has 0 aliphatic carbocycles. The molecule has 6 heteroatoms. The predicted octanol–water partition coefficient (Wildman–Crippen LogP) is 5.11. The zero-order valence-corrected chi connectivity index (χ0v) is 17.1. The van der Waals surface area contributed by atoms with Crippen LogP contribution in [0.25, 0.3) is 5.57 Å². The van der Waals surface area contributed by atoms with Crippen LogP contribution in [0.2, 0.25) is 0 Å². The summed E-state index contributed by atoms with van der Waals surface area (Å²) < 4.78 is 0.406. The average molecular weight is 398 g/mol. The molecule has 4 nitrogen and oxygen atoms in total. The smallest absolute Gasteiger partial charge is 0.335 e. The second-order valence-electron chi connectivity index (χ2n) is 6.57. The molecule has 0 aromatic heterocycles. The van der Waals surface area contributed by atoms with Gasteiger partial charge in [-0.3, -0.25) is 9.69 Å². The van der Waals surface area contributed by atoms with E-state index in [9.17, 15) is 14.7 Å². The standard InChI is InChI=1S/C21H19NO3S2/c1-11-5-7-15(9-13(11)3)14(4)18-19(23)22(21(26)27-18)17-10-16(20(24)25)8-6-12(17)2/h5-10H,1-4H3,(H,24,25)/b18-14-. The number of thiocarbonyl (C=S) groups is 1. The lowest BCUT2D eigenvalue weighted by Crippen LogP contribution is -2.28. The molecule has 2 aromatic rings. The van der Waals surface area contributed by atoms with Gasteiger partial charge in [0.1, 0.15) is 0 Å². The first kappa shape index (κ1) is 19.3. The molecule has 0 atom stereocenters. The highest BCUT2D eigenvalue weighted by Crippen LogP contribution is 2.40. The summed E-state index contributed by atoms with van der Waals surface area (Å²) in [5, 5.41) is 9.26. The maximum absolute atomic E-state index is 13.1. The van der Waals surface area contributed by atoms with Gasteiger partial charge in [0.05, 0.1) is 16.2 Å². The molecule has 2 aromatic carbocycles. The number of anilines is 1. The van der Waals surface area contributed by atoms with Gasteiger partial charge in [-0.05, 0) is 67.7 Å². The summed E-state index contributed by atoms with van der Waals surface area (Å²) in [6.45, 7) is 7.83. The summed E-state index contributed by atoms with van der Waals surface area (Å²) in [6.07, 6.45) is 0. The molecule has 27 heavy (non-hydrogen) atoms. The first-order valence-electron chi connectivity index (χ1n) is 8.39. The summed E-state index contributed by atoms with van der Waals surface area (Å²) in [7, 11) is 0. The second kappa shape index (κ2) is 7.29. The van der Waals surface area contributed by atoms with E-state index < -0.39 is 5.97 Å². The number of hydrogen-bond donors (Lipinski definition) is 1.